The van der Waals surface area contributed by atoms with Crippen LogP contribution in [0.1, 0.15) is 0 Å². The summed E-state index contributed by atoms with van der Waals surface area (Å²) in [5.41, 5.74) is -11.9. The number of rotatable bonds is 7. The van der Waals surface area contributed by atoms with E-state index in [0.29, 0.717) is 5.39 Å². The molecule has 0 atom stereocenters. The summed E-state index contributed by atoms with van der Waals surface area (Å²) in [4.78, 5) is 4.25. The van der Waals surface area contributed by atoms with Gasteiger partial charge < -0.3 is 8.37 Å². The van der Waals surface area contributed by atoms with Gasteiger partial charge in [0, 0.05) is 0 Å². The molecule has 4 aromatic carbocycles. The average Bonchev–Trinajstić information content (AvgIpc) is 3.37. The van der Waals surface area contributed by atoms with Crippen LogP contribution in [0.15, 0.2) is 91.0 Å². The zero-order valence-corrected chi connectivity index (χ0v) is 22.7. The summed E-state index contributed by atoms with van der Waals surface area (Å²) in [6, 6.07) is 21.2. The molecule has 0 radical (unpaired) electrons. The summed E-state index contributed by atoms with van der Waals surface area (Å²) >= 11 is 0. The molecular weight excluding hydrogens is 628 g/mol. The molecule has 9 nitrogen and oxygen atoms in total. The molecule has 0 aliphatic heterocycles. The summed E-state index contributed by atoms with van der Waals surface area (Å²) in [7, 11) is -12.2. The number of hydrogen-bond acceptors (Lipinski definition) is 8. The number of fused-ring (bicyclic) bond motifs is 1. The van der Waals surface area contributed by atoms with E-state index < -0.39 is 48.6 Å². The normalized spacial score (nSPS) is 12.8. The third-order valence-electron chi connectivity index (χ3n) is 5.81. The van der Waals surface area contributed by atoms with Gasteiger partial charge in [0.25, 0.3) is 0 Å². The summed E-state index contributed by atoms with van der Waals surface area (Å²) in [5, 5.41) is 5.78. The van der Waals surface area contributed by atoms with E-state index in [1.54, 1.807) is 42.5 Å². The van der Waals surface area contributed by atoms with Crippen LogP contribution in [0.3, 0.4) is 0 Å². The van der Waals surface area contributed by atoms with E-state index in [4.69, 9.17) is 0 Å². The van der Waals surface area contributed by atoms with Crippen molar-refractivity contribution in [2.45, 2.75) is 11.0 Å². The molecule has 0 bridgehead atoms. The van der Waals surface area contributed by atoms with Crippen molar-refractivity contribution in [2.75, 3.05) is 0 Å². The first-order valence-corrected chi connectivity index (χ1v) is 14.6. The first-order valence-electron chi connectivity index (χ1n) is 11.7. The molecule has 17 heteroatoms. The molecule has 5 aromatic rings. The molecule has 0 spiro atoms. The van der Waals surface area contributed by atoms with Crippen LogP contribution in [-0.2, 0) is 20.2 Å². The first-order chi connectivity index (χ1) is 20.1. The number of aromatic nitrogens is 3. The Bertz CT molecular complexity index is 2060. The number of hydrogen-bond donors (Lipinski definition) is 0. The van der Waals surface area contributed by atoms with Crippen LogP contribution in [0.25, 0.3) is 39.2 Å². The quantitative estimate of drug-likeness (QED) is 0.117. The molecule has 0 saturated heterocycles. The smallest absolute Gasteiger partial charge is 0.375 e. The van der Waals surface area contributed by atoms with Gasteiger partial charge in [0.05, 0.1) is 16.8 Å². The lowest BCUT2D eigenvalue weighted by molar-refractivity contribution is -0.0504. The SMILES string of the molecule is O=S(=O)(Oc1ccccc1-c1nc(-c2ccccc2OS(=O)(=O)C(F)(F)F)n(-c2ccc3ccccc3c2)n1)C(F)(F)F. The van der Waals surface area contributed by atoms with E-state index >= 15 is 0 Å². The second-order valence-corrected chi connectivity index (χ2v) is 11.7. The Balaban J connectivity index is 1.73. The second-order valence-electron chi connectivity index (χ2n) is 8.66. The van der Waals surface area contributed by atoms with Gasteiger partial charge in [-0.1, -0.05) is 54.6 Å². The highest BCUT2D eigenvalue weighted by Gasteiger charge is 2.49. The number of halogens is 6. The van der Waals surface area contributed by atoms with Crippen molar-refractivity contribution in [3.05, 3.63) is 91.0 Å². The van der Waals surface area contributed by atoms with Gasteiger partial charge >= 0.3 is 31.3 Å². The van der Waals surface area contributed by atoms with Gasteiger partial charge in [0.2, 0.25) is 0 Å². The molecule has 0 fully saturated rings. The van der Waals surface area contributed by atoms with Gasteiger partial charge in [-0.05, 0) is 47.2 Å². The summed E-state index contributed by atoms with van der Waals surface area (Å²) in [6.45, 7) is 0. The first kappa shape index (κ1) is 29.8. The van der Waals surface area contributed by atoms with Crippen molar-refractivity contribution < 1.29 is 51.5 Å². The monoisotopic (exact) mass is 643 g/mol. The van der Waals surface area contributed by atoms with Crippen LogP contribution >= 0.6 is 0 Å². The lowest BCUT2D eigenvalue weighted by atomic mass is 10.1. The molecule has 0 unspecified atom stereocenters. The molecule has 43 heavy (non-hydrogen) atoms. The Hall–Kier alpha value is -4.64. The fraction of sp³-hybridized carbons (Fsp3) is 0.0769. The highest BCUT2D eigenvalue weighted by molar-refractivity contribution is 7.88. The lowest BCUT2D eigenvalue weighted by Gasteiger charge is -2.13. The van der Waals surface area contributed by atoms with Crippen molar-refractivity contribution in [3.63, 3.8) is 0 Å². The van der Waals surface area contributed by atoms with Crippen LogP contribution in [-0.4, -0.2) is 42.6 Å². The summed E-state index contributed by atoms with van der Waals surface area (Å²) < 4.78 is 136. The Morgan fingerprint density at radius 1 is 0.605 bits per heavy atom. The van der Waals surface area contributed by atoms with Crippen LogP contribution in [0, 0.1) is 0 Å². The fourth-order valence-electron chi connectivity index (χ4n) is 3.87. The van der Waals surface area contributed by atoms with Gasteiger partial charge in [0.1, 0.15) is 0 Å². The largest absolute Gasteiger partial charge is 0.534 e. The lowest BCUT2D eigenvalue weighted by Crippen LogP contribution is -2.28. The second kappa shape index (κ2) is 10.6. The van der Waals surface area contributed by atoms with E-state index in [0.717, 1.165) is 28.3 Å². The summed E-state index contributed by atoms with van der Waals surface area (Å²) in [6.07, 6.45) is 0. The molecule has 224 valence electrons. The van der Waals surface area contributed by atoms with E-state index in [1.807, 2.05) is 0 Å². The molecule has 0 aliphatic rings. The maximum Gasteiger partial charge on any atom is 0.534 e. The average molecular weight is 644 g/mol. The highest BCUT2D eigenvalue weighted by Crippen LogP contribution is 2.38. The third-order valence-corrected chi connectivity index (χ3v) is 7.74. The maximum atomic E-state index is 13.1. The molecule has 0 aliphatic carbocycles. The highest BCUT2D eigenvalue weighted by atomic mass is 32.2. The Morgan fingerprint density at radius 3 is 1.67 bits per heavy atom. The van der Waals surface area contributed by atoms with E-state index in [9.17, 15) is 43.2 Å². The van der Waals surface area contributed by atoms with E-state index in [2.05, 4.69) is 18.4 Å². The molecule has 0 saturated carbocycles. The standard InChI is InChI=1S/C26H15F6N3O6S2/c27-25(28,29)42(36,37)40-21-11-5-3-9-19(21)23-33-24(20-10-4-6-12-22(20)41-43(38,39)26(30,31)32)35(34-23)18-14-13-16-7-1-2-8-17(16)15-18/h1-15H. The molecule has 1 heterocycles. The molecule has 0 N–H and O–H groups in total. The van der Waals surface area contributed by atoms with Crippen LogP contribution < -0.4 is 8.37 Å². The van der Waals surface area contributed by atoms with E-state index in [-0.39, 0.29) is 22.6 Å². The number of para-hydroxylation sites is 2. The molecule has 5 rings (SSSR count). The fourth-order valence-corrected chi connectivity index (χ4v) is 4.82. The molecule has 0 amide bonds. The minimum atomic E-state index is -6.12. The van der Waals surface area contributed by atoms with Crippen molar-refractivity contribution in [2.24, 2.45) is 0 Å². The number of benzene rings is 4. The minimum Gasteiger partial charge on any atom is -0.375 e. The van der Waals surface area contributed by atoms with Crippen LogP contribution in [0.4, 0.5) is 26.3 Å². The van der Waals surface area contributed by atoms with Crippen molar-refractivity contribution in [1.29, 1.82) is 0 Å². The molecule has 1 aromatic heterocycles. The summed E-state index contributed by atoms with van der Waals surface area (Å²) in [5.74, 6) is -2.30. The van der Waals surface area contributed by atoms with Gasteiger partial charge in [0.15, 0.2) is 23.1 Å². The zero-order chi connectivity index (χ0) is 31.2. The Morgan fingerprint density at radius 2 is 1.09 bits per heavy atom. The predicted octanol–water partition coefficient (Wildman–Crippen LogP) is 6.21. The zero-order valence-electron chi connectivity index (χ0n) is 21.0. The topological polar surface area (TPSA) is 117 Å². The van der Waals surface area contributed by atoms with Crippen LogP contribution in [0.5, 0.6) is 11.5 Å². The van der Waals surface area contributed by atoms with Gasteiger partial charge in [-0.3, -0.25) is 0 Å². The van der Waals surface area contributed by atoms with Crippen molar-refractivity contribution in [1.82, 2.24) is 14.8 Å². The van der Waals surface area contributed by atoms with Gasteiger partial charge in [-0.25, -0.2) is 9.67 Å². The molecular formula is C26H15F6N3O6S2. The minimum absolute atomic E-state index is 0.252. The van der Waals surface area contributed by atoms with Gasteiger partial charge in [-0.2, -0.15) is 43.2 Å². The third kappa shape index (κ3) is 5.85. The Labute approximate surface area is 239 Å². The van der Waals surface area contributed by atoms with Crippen molar-refractivity contribution >= 4 is 31.0 Å². The maximum absolute atomic E-state index is 13.1. The number of alkyl halides is 6. The van der Waals surface area contributed by atoms with Crippen LogP contribution in [0.2, 0.25) is 0 Å². The Kier molecular flexibility index (Phi) is 7.33. The van der Waals surface area contributed by atoms with Gasteiger partial charge in [-0.15, -0.1) is 5.10 Å². The predicted molar refractivity (Wildman–Crippen MR) is 141 cm³/mol. The number of nitrogens with zero attached hydrogens (tertiary/aromatic N) is 3. The van der Waals surface area contributed by atoms with E-state index in [1.165, 1.54) is 30.3 Å². The van der Waals surface area contributed by atoms with Crippen molar-refractivity contribution in [3.8, 4) is 40.0 Å².